The van der Waals surface area contributed by atoms with Crippen molar-refractivity contribution in [3.05, 3.63) is 71.9 Å². The zero-order valence-electron chi connectivity index (χ0n) is 12.4. The van der Waals surface area contributed by atoms with Gasteiger partial charge in [0, 0.05) is 5.39 Å². The third-order valence-corrected chi connectivity index (χ3v) is 3.35. The Hall–Kier alpha value is -2.75. The zero-order chi connectivity index (χ0) is 15.4. The van der Waals surface area contributed by atoms with Crippen LogP contribution in [0.3, 0.4) is 0 Å². The van der Waals surface area contributed by atoms with Crippen molar-refractivity contribution in [3.63, 3.8) is 0 Å². The summed E-state index contributed by atoms with van der Waals surface area (Å²) >= 11 is 0. The Morgan fingerprint density at radius 1 is 1.05 bits per heavy atom. The lowest BCUT2D eigenvalue weighted by Gasteiger charge is -2.11. The van der Waals surface area contributed by atoms with Crippen LogP contribution >= 0.6 is 0 Å². The van der Waals surface area contributed by atoms with E-state index in [0.717, 1.165) is 16.5 Å². The van der Waals surface area contributed by atoms with E-state index in [-0.39, 0.29) is 5.97 Å². The lowest BCUT2D eigenvalue weighted by atomic mass is 10.2. The van der Waals surface area contributed by atoms with Crippen molar-refractivity contribution in [1.29, 1.82) is 0 Å². The van der Waals surface area contributed by atoms with Gasteiger partial charge in [0.1, 0.15) is 6.61 Å². The number of para-hydroxylation sites is 1. The Balaban J connectivity index is 1.95. The lowest BCUT2D eigenvalue weighted by Crippen LogP contribution is -2.18. The van der Waals surface area contributed by atoms with Gasteiger partial charge in [-0.3, -0.25) is 0 Å². The van der Waals surface area contributed by atoms with Crippen molar-refractivity contribution in [2.45, 2.75) is 13.5 Å². The molecule has 1 aromatic heterocycles. The molecule has 3 rings (SSSR count). The van der Waals surface area contributed by atoms with E-state index in [1.165, 1.54) is 0 Å². The van der Waals surface area contributed by atoms with E-state index in [9.17, 15) is 4.79 Å². The predicted molar refractivity (Wildman–Crippen MR) is 84.6 cm³/mol. The van der Waals surface area contributed by atoms with Crippen molar-refractivity contribution in [2.24, 2.45) is 0 Å². The largest absolute Gasteiger partial charge is 0.461 e. The van der Waals surface area contributed by atoms with Crippen LogP contribution in [-0.2, 0) is 11.3 Å². The van der Waals surface area contributed by atoms with E-state index in [1.807, 2.05) is 54.6 Å². The molecule has 0 spiro atoms. The molecule has 22 heavy (non-hydrogen) atoms. The second-order valence-electron chi connectivity index (χ2n) is 4.86. The van der Waals surface area contributed by atoms with E-state index in [1.54, 1.807) is 17.7 Å². The van der Waals surface area contributed by atoms with Crippen LogP contribution in [-0.4, -0.2) is 17.3 Å². The first-order valence-electron chi connectivity index (χ1n) is 7.24. The number of hydrogen-bond donors (Lipinski definition) is 0. The maximum absolute atomic E-state index is 12.1. The monoisotopic (exact) mass is 295 g/mol. The van der Waals surface area contributed by atoms with Gasteiger partial charge < -0.3 is 9.57 Å². The van der Waals surface area contributed by atoms with Crippen LogP contribution in [0.25, 0.3) is 10.9 Å². The van der Waals surface area contributed by atoms with Gasteiger partial charge in [0.25, 0.3) is 0 Å². The molecule has 4 nitrogen and oxygen atoms in total. The average molecular weight is 295 g/mol. The minimum Gasteiger partial charge on any atom is -0.461 e. The van der Waals surface area contributed by atoms with Crippen LogP contribution in [0.4, 0.5) is 0 Å². The molecule has 0 aliphatic carbocycles. The number of esters is 1. The standard InChI is InChI=1S/C18H17NO3/c1-2-21-18(20)17-12-15-10-6-7-11-16(15)19(17)22-13-14-8-4-3-5-9-14/h3-12H,2,13H2,1H3. The van der Waals surface area contributed by atoms with Gasteiger partial charge in [-0.1, -0.05) is 48.5 Å². The zero-order valence-corrected chi connectivity index (χ0v) is 12.4. The summed E-state index contributed by atoms with van der Waals surface area (Å²) in [5, 5.41) is 0.943. The molecule has 0 N–H and O–H groups in total. The molecule has 0 unspecified atom stereocenters. The molecule has 0 saturated heterocycles. The van der Waals surface area contributed by atoms with Crippen molar-refractivity contribution < 1.29 is 14.4 Å². The molecule has 3 aromatic rings. The highest BCUT2D eigenvalue weighted by atomic mass is 16.7. The van der Waals surface area contributed by atoms with E-state index in [2.05, 4.69) is 0 Å². The van der Waals surface area contributed by atoms with Gasteiger partial charge >= 0.3 is 5.97 Å². The highest BCUT2D eigenvalue weighted by molar-refractivity contribution is 5.95. The summed E-state index contributed by atoms with van der Waals surface area (Å²) in [6.45, 7) is 2.50. The molecule has 0 bridgehead atoms. The van der Waals surface area contributed by atoms with Gasteiger partial charge in [0.15, 0.2) is 5.69 Å². The maximum atomic E-state index is 12.1. The third-order valence-electron chi connectivity index (χ3n) is 3.35. The van der Waals surface area contributed by atoms with E-state index in [4.69, 9.17) is 9.57 Å². The second kappa shape index (κ2) is 6.35. The predicted octanol–water partition coefficient (Wildman–Crippen LogP) is 3.45. The van der Waals surface area contributed by atoms with Gasteiger partial charge in [-0.05, 0) is 24.6 Å². The van der Waals surface area contributed by atoms with E-state index < -0.39 is 0 Å². The summed E-state index contributed by atoms with van der Waals surface area (Å²) < 4.78 is 6.67. The Morgan fingerprint density at radius 2 is 1.77 bits per heavy atom. The molecular formula is C18H17NO3. The van der Waals surface area contributed by atoms with Crippen LogP contribution < -0.4 is 4.84 Å². The number of benzene rings is 2. The number of carbonyl (C=O) groups is 1. The van der Waals surface area contributed by atoms with Gasteiger partial charge in [-0.2, -0.15) is 4.73 Å². The molecule has 0 aliphatic heterocycles. The van der Waals surface area contributed by atoms with Crippen molar-refractivity contribution in [3.8, 4) is 0 Å². The summed E-state index contributed by atoms with van der Waals surface area (Å²) in [6.07, 6.45) is 0. The number of rotatable bonds is 5. The fourth-order valence-electron chi connectivity index (χ4n) is 2.33. The SMILES string of the molecule is CCOC(=O)c1cc2ccccc2n1OCc1ccccc1. The summed E-state index contributed by atoms with van der Waals surface area (Å²) in [6, 6.07) is 19.3. The number of ether oxygens (including phenoxy) is 1. The molecule has 112 valence electrons. The maximum Gasteiger partial charge on any atom is 0.358 e. The number of aromatic nitrogens is 1. The molecule has 0 amide bonds. The molecule has 0 saturated carbocycles. The average Bonchev–Trinajstić information content (AvgIpc) is 2.93. The molecule has 0 radical (unpaired) electrons. The van der Waals surface area contributed by atoms with Crippen LogP contribution in [0, 0.1) is 0 Å². The molecule has 2 aromatic carbocycles. The topological polar surface area (TPSA) is 40.5 Å². The summed E-state index contributed by atoms with van der Waals surface area (Å²) in [5.41, 5.74) is 2.29. The lowest BCUT2D eigenvalue weighted by molar-refractivity contribution is 0.0436. The number of nitrogens with zero attached hydrogens (tertiary/aromatic N) is 1. The van der Waals surface area contributed by atoms with E-state index in [0.29, 0.717) is 18.9 Å². The van der Waals surface area contributed by atoms with E-state index >= 15 is 0 Å². The molecule has 1 heterocycles. The van der Waals surface area contributed by atoms with Crippen LogP contribution in [0.15, 0.2) is 60.7 Å². The van der Waals surface area contributed by atoms with Gasteiger partial charge in [0.05, 0.1) is 12.1 Å². The molecular weight excluding hydrogens is 278 g/mol. The quantitative estimate of drug-likeness (QED) is 0.677. The highest BCUT2D eigenvalue weighted by Crippen LogP contribution is 2.20. The summed E-state index contributed by atoms with van der Waals surface area (Å²) in [7, 11) is 0. The minimum atomic E-state index is -0.383. The smallest absolute Gasteiger partial charge is 0.358 e. The van der Waals surface area contributed by atoms with Gasteiger partial charge in [-0.15, -0.1) is 0 Å². The minimum absolute atomic E-state index is 0.332. The first-order chi connectivity index (χ1) is 10.8. The molecule has 0 atom stereocenters. The fourth-order valence-corrected chi connectivity index (χ4v) is 2.33. The Labute approximate surface area is 128 Å². The Kier molecular flexibility index (Phi) is 4.10. The normalized spacial score (nSPS) is 10.6. The van der Waals surface area contributed by atoms with Crippen molar-refractivity contribution in [1.82, 2.24) is 4.73 Å². The van der Waals surface area contributed by atoms with Gasteiger partial charge in [0.2, 0.25) is 0 Å². The first kappa shape index (κ1) is 14.2. The highest BCUT2D eigenvalue weighted by Gasteiger charge is 2.17. The number of carbonyl (C=O) groups excluding carboxylic acids is 1. The van der Waals surface area contributed by atoms with Crippen LogP contribution in [0.1, 0.15) is 23.0 Å². The van der Waals surface area contributed by atoms with Crippen LogP contribution in [0.2, 0.25) is 0 Å². The third kappa shape index (κ3) is 2.81. The van der Waals surface area contributed by atoms with Gasteiger partial charge in [-0.25, -0.2) is 4.79 Å². The summed E-state index contributed by atoms with van der Waals surface area (Å²) in [5.74, 6) is -0.383. The molecule has 4 heteroatoms. The molecule has 0 fully saturated rings. The number of hydrogen-bond acceptors (Lipinski definition) is 3. The first-order valence-corrected chi connectivity index (χ1v) is 7.24. The fraction of sp³-hybridized carbons (Fsp3) is 0.167. The van der Waals surface area contributed by atoms with Crippen molar-refractivity contribution >= 4 is 16.9 Å². The summed E-state index contributed by atoms with van der Waals surface area (Å²) in [4.78, 5) is 18.0. The van der Waals surface area contributed by atoms with Crippen LogP contribution in [0.5, 0.6) is 0 Å². The second-order valence-corrected chi connectivity index (χ2v) is 4.86. The molecule has 0 aliphatic rings. The Bertz CT molecular complexity index is 777. The number of fused-ring (bicyclic) bond motifs is 1. The Morgan fingerprint density at radius 3 is 2.55 bits per heavy atom. The van der Waals surface area contributed by atoms with Crippen molar-refractivity contribution in [2.75, 3.05) is 6.61 Å².